The molecule has 0 amide bonds. The van der Waals surface area contributed by atoms with Crippen LogP contribution in [0.1, 0.15) is 32.6 Å². The second kappa shape index (κ2) is 11.9. The summed E-state index contributed by atoms with van der Waals surface area (Å²) in [5, 5.41) is 0. The Morgan fingerprint density at radius 3 is 2.59 bits per heavy atom. The van der Waals surface area contributed by atoms with Crippen LogP contribution >= 0.6 is 8.25 Å². The molecule has 0 aliphatic carbocycles. The number of carbonyl (C=O) groups excluding carboxylic acids is 1. The van der Waals surface area contributed by atoms with Crippen molar-refractivity contribution in [2.45, 2.75) is 32.6 Å². The highest BCUT2D eigenvalue weighted by molar-refractivity contribution is 7.33. The van der Waals surface area contributed by atoms with E-state index >= 15 is 0 Å². The average molecular weight is 267 g/mol. The fraction of sp³-hybridized carbons (Fsp3) is 0.900. The number of rotatable bonds is 11. The van der Waals surface area contributed by atoms with Gasteiger partial charge in [-0.15, -0.1) is 4.52 Å². The van der Waals surface area contributed by atoms with Gasteiger partial charge in [-0.3, -0.25) is 4.79 Å². The lowest BCUT2D eigenvalue weighted by Crippen LogP contribution is -2.02. The maximum atomic E-state index is 11.1. The Labute approximate surface area is 103 Å². The Balaban J connectivity index is 3.26. The molecular weight excluding hydrogens is 247 g/mol. The molecule has 0 saturated heterocycles. The summed E-state index contributed by atoms with van der Waals surface area (Å²) in [6.07, 6.45) is 2.68. The summed E-state index contributed by atoms with van der Waals surface area (Å²) in [7, 11) is -0.844. The summed E-state index contributed by atoms with van der Waals surface area (Å²) >= 11 is 0. The standard InChI is InChI=1S/C10H20O6P/c1-3-4-7-14-9-16-17(12)15-8-5-6-10(11)13-2/h3-9H2,1-2H3/q+1. The Bertz CT molecular complexity index is 221. The number of unbranched alkanes of at least 4 members (excludes halogenated alkanes) is 1. The smallest absolute Gasteiger partial charge is 0.469 e. The highest BCUT2D eigenvalue weighted by atomic mass is 31.1. The van der Waals surface area contributed by atoms with Crippen molar-refractivity contribution in [1.82, 2.24) is 0 Å². The van der Waals surface area contributed by atoms with E-state index in [-0.39, 0.29) is 25.8 Å². The van der Waals surface area contributed by atoms with Crippen LogP contribution in [0.4, 0.5) is 0 Å². The number of methoxy groups -OCH3 is 1. The zero-order valence-corrected chi connectivity index (χ0v) is 11.2. The van der Waals surface area contributed by atoms with Gasteiger partial charge in [0.25, 0.3) is 0 Å². The second-order valence-electron chi connectivity index (χ2n) is 3.25. The first-order valence-electron chi connectivity index (χ1n) is 5.58. The van der Waals surface area contributed by atoms with Crippen LogP contribution in [0.25, 0.3) is 0 Å². The van der Waals surface area contributed by atoms with Crippen LogP contribution in [0.5, 0.6) is 0 Å². The first-order chi connectivity index (χ1) is 8.20. The normalized spacial score (nSPS) is 11.3. The Morgan fingerprint density at radius 2 is 1.94 bits per heavy atom. The minimum Gasteiger partial charge on any atom is -0.469 e. The number of hydrogen-bond acceptors (Lipinski definition) is 6. The van der Waals surface area contributed by atoms with E-state index in [1.807, 2.05) is 0 Å². The van der Waals surface area contributed by atoms with E-state index in [4.69, 9.17) is 13.8 Å². The highest BCUT2D eigenvalue weighted by Crippen LogP contribution is 2.23. The molecule has 17 heavy (non-hydrogen) atoms. The summed E-state index contributed by atoms with van der Waals surface area (Å²) in [6.45, 7) is 2.79. The van der Waals surface area contributed by atoms with Gasteiger partial charge in [-0.05, 0) is 12.8 Å². The quantitative estimate of drug-likeness (QED) is 0.248. The molecule has 100 valence electrons. The van der Waals surface area contributed by atoms with Crippen LogP contribution < -0.4 is 0 Å². The number of hydrogen-bond donors (Lipinski definition) is 0. The largest absolute Gasteiger partial charge is 0.699 e. The third-order valence-corrected chi connectivity index (χ3v) is 2.54. The minimum atomic E-state index is -2.16. The van der Waals surface area contributed by atoms with Crippen LogP contribution in [0, 0.1) is 0 Å². The summed E-state index contributed by atoms with van der Waals surface area (Å²) < 4.78 is 30.2. The molecular formula is C10H20O6P+. The molecule has 0 aromatic rings. The van der Waals surface area contributed by atoms with Crippen LogP contribution in [0.3, 0.4) is 0 Å². The Morgan fingerprint density at radius 1 is 1.18 bits per heavy atom. The topological polar surface area (TPSA) is 71.1 Å². The van der Waals surface area contributed by atoms with Gasteiger partial charge >= 0.3 is 14.2 Å². The zero-order chi connectivity index (χ0) is 12.9. The molecule has 0 fully saturated rings. The lowest BCUT2D eigenvalue weighted by Gasteiger charge is -1.97. The number of ether oxygens (including phenoxy) is 2. The van der Waals surface area contributed by atoms with Gasteiger partial charge in [0.15, 0.2) is 0 Å². The molecule has 0 aliphatic rings. The molecule has 0 aromatic carbocycles. The lowest BCUT2D eigenvalue weighted by molar-refractivity contribution is -0.140. The molecule has 0 heterocycles. The van der Waals surface area contributed by atoms with Crippen molar-refractivity contribution < 1.29 is 27.9 Å². The summed E-state index contributed by atoms with van der Waals surface area (Å²) in [6, 6.07) is 0. The maximum absolute atomic E-state index is 11.1. The molecule has 0 rings (SSSR count). The first kappa shape index (κ1) is 16.4. The van der Waals surface area contributed by atoms with Crippen molar-refractivity contribution in [3.05, 3.63) is 0 Å². The van der Waals surface area contributed by atoms with Crippen LogP contribution in [-0.2, 0) is 27.9 Å². The molecule has 6 nitrogen and oxygen atoms in total. The highest BCUT2D eigenvalue weighted by Gasteiger charge is 2.19. The van der Waals surface area contributed by atoms with Crippen molar-refractivity contribution >= 4 is 14.2 Å². The fourth-order valence-corrected chi connectivity index (χ4v) is 1.39. The molecule has 0 spiro atoms. The molecule has 0 bridgehead atoms. The summed E-state index contributed by atoms with van der Waals surface area (Å²) in [5.41, 5.74) is 0. The summed E-state index contributed by atoms with van der Waals surface area (Å²) in [5.74, 6) is -0.312. The minimum absolute atomic E-state index is 0.0355. The maximum Gasteiger partial charge on any atom is 0.699 e. The van der Waals surface area contributed by atoms with Crippen molar-refractivity contribution in [2.75, 3.05) is 27.1 Å². The lowest BCUT2D eigenvalue weighted by atomic mass is 10.3. The third-order valence-electron chi connectivity index (χ3n) is 1.83. The zero-order valence-electron chi connectivity index (χ0n) is 10.3. The van der Waals surface area contributed by atoms with Crippen molar-refractivity contribution in [2.24, 2.45) is 0 Å². The van der Waals surface area contributed by atoms with Gasteiger partial charge in [0, 0.05) is 17.6 Å². The van der Waals surface area contributed by atoms with E-state index in [2.05, 4.69) is 11.7 Å². The molecule has 1 unspecified atom stereocenters. The van der Waals surface area contributed by atoms with E-state index in [0.717, 1.165) is 12.8 Å². The second-order valence-corrected chi connectivity index (χ2v) is 4.21. The van der Waals surface area contributed by atoms with Gasteiger partial charge in [0.1, 0.15) is 6.61 Å². The predicted molar refractivity (Wildman–Crippen MR) is 61.6 cm³/mol. The van der Waals surface area contributed by atoms with Crippen LogP contribution in [-0.4, -0.2) is 33.1 Å². The molecule has 0 aliphatic heterocycles. The molecule has 0 saturated carbocycles. The molecule has 0 N–H and O–H groups in total. The molecule has 1 atom stereocenters. The van der Waals surface area contributed by atoms with Gasteiger partial charge in [0.05, 0.1) is 7.11 Å². The molecule has 7 heteroatoms. The SMILES string of the molecule is CCCCOCO[P+](=O)OCCCC(=O)OC. The van der Waals surface area contributed by atoms with E-state index in [1.165, 1.54) is 7.11 Å². The number of esters is 1. The summed E-state index contributed by atoms with van der Waals surface area (Å²) in [4.78, 5) is 10.7. The van der Waals surface area contributed by atoms with Crippen LogP contribution in [0.2, 0.25) is 0 Å². The van der Waals surface area contributed by atoms with Gasteiger partial charge in [0.2, 0.25) is 6.79 Å². The molecule has 0 radical (unpaired) electrons. The fourth-order valence-electron chi connectivity index (χ4n) is 0.881. The third kappa shape index (κ3) is 11.7. The van der Waals surface area contributed by atoms with Crippen molar-refractivity contribution in [1.29, 1.82) is 0 Å². The first-order valence-corrected chi connectivity index (χ1v) is 6.68. The van der Waals surface area contributed by atoms with Crippen LogP contribution in [0.15, 0.2) is 0 Å². The Hall–Kier alpha value is -0.550. The van der Waals surface area contributed by atoms with Gasteiger partial charge in [-0.2, -0.15) is 0 Å². The number of carbonyl (C=O) groups is 1. The average Bonchev–Trinajstić information content (AvgIpc) is 2.34. The van der Waals surface area contributed by atoms with Crippen molar-refractivity contribution in [3.63, 3.8) is 0 Å². The monoisotopic (exact) mass is 267 g/mol. The van der Waals surface area contributed by atoms with Gasteiger partial charge < -0.3 is 9.47 Å². The van der Waals surface area contributed by atoms with Gasteiger partial charge in [-0.25, -0.2) is 0 Å². The van der Waals surface area contributed by atoms with Crippen molar-refractivity contribution in [3.8, 4) is 0 Å². The molecule has 0 aromatic heterocycles. The van der Waals surface area contributed by atoms with E-state index in [0.29, 0.717) is 13.0 Å². The van der Waals surface area contributed by atoms with E-state index in [9.17, 15) is 9.36 Å². The van der Waals surface area contributed by atoms with E-state index in [1.54, 1.807) is 0 Å². The predicted octanol–water partition coefficient (Wildman–Crippen LogP) is 2.40. The van der Waals surface area contributed by atoms with E-state index < -0.39 is 8.25 Å². The Kier molecular flexibility index (Phi) is 11.5. The van der Waals surface area contributed by atoms with Gasteiger partial charge in [-0.1, -0.05) is 17.9 Å².